The van der Waals surface area contributed by atoms with Crippen LogP contribution in [0.4, 0.5) is 5.13 Å². The first-order valence-electron chi connectivity index (χ1n) is 6.74. The molecule has 18 heavy (non-hydrogen) atoms. The fourth-order valence-corrected chi connectivity index (χ4v) is 3.82. The number of piperazine rings is 1. The molecule has 2 fully saturated rings. The molecule has 4 nitrogen and oxygen atoms in total. The Morgan fingerprint density at radius 3 is 2.78 bits per heavy atom. The summed E-state index contributed by atoms with van der Waals surface area (Å²) in [5, 5.41) is 10.6. The van der Waals surface area contributed by atoms with Gasteiger partial charge in [-0.25, -0.2) is 4.98 Å². The molecule has 1 atom stereocenters. The standard InChI is InChI=1S/C13H21N3OS/c1-9-7-15(2)5-6-16(9)13-14-12(10-3-4-10)11(8-17)18-13/h9-10,17H,3-8H2,1-2H3. The minimum Gasteiger partial charge on any atom is -0.391 e. The lowest BCUT2D eigenvalue weighted by Gasteiger charge is -2.38. The molecule has 2 heterocycles. The number of hydrogen-bond acceptors (Lipinski definition) is 5. The van der Waals surface area contributed by atoms with Gasteiger partial charge < -0.3 is 14.9 Å². The summed E-state index contributed by atoms with van der Waals surface area (Å²) in [4.78, 5) is 10.7. The van der Waals surface area contributed by atoms with Crippen LogP contribution < -0.4 is 4.90 Å². The molecule has 100 valence electrons. The van der Waals surface area contributed by atoms with Gasteiger partial charge in [-0.15, -0.1) is 0 Å². The smallest absolute Gasteiger partial charge is 0.186 e. The van der Waals surface area contributed by atoms with Crippen LogP contribution in [-0.4, -0.2) is 47.7 Å². The first-order chi connectivity index (χ1) is 8.69. The van der Waals surface area contributed by atoms with Crippen molar-refractivity contribution in [1.82, 2.24) is 9.88 Å². The summed E-state index contributed by atoms with van der Waals surface area (Å²) in [6.07, 6.45) is 2.49. The zero-order chi connectivity index (χ0) is 12.7. The minimum absolute atomic E-state index is 0.144. The molecule has 3 rings (SSSR count). The molecule has 1 aromatic rings. The third-order valence-electron chi connectivity index (χ3n) is 3.90. The van der Waals surface area contributed by atoms with Gasteiger partial charge in [-0.05, 0) is 26.8 Å². The van der Waals surface area contributed by atoms with Gasteiger partial charge in [0.05, 0.1) is 17.2 Å². The number of anilines is 1. The summed E-state index contributed by atoms with van der Waals surface area (Å²) in [6, 6.07) is 0.508. The Hall–Kier alpha value is -0.650. The highest BCUT2D eigenvalue weighted by Gasteiger charge is 2.31. The van der Waals surface area contributed by atoms with Gasteiger partial charge in [0, 0.05) is 31.6 Å². The van der Waals surface area contributed by atoms with Crippen LogP contribution in [0.15, 0.2) is 0 Å². The van der Waals surface area contributed by atoms with Crippen molar-refractivity contribution in [2.75, 3.05) is 31.6 Å². The second-order valence-electron chi connectivity index (χ2n) is 5.54. The fraction of sp³-hybridized carbons (Fsp3) is 0.769. The van der Waals surface area contributed by atoms with Crippen LogP contribution in [0.2, 0.25) is 0 Å². The highest BCUT2D eigenvalue weighted by molar-refractivity contribution is 7.15. The second-order valence-corrected chi connectivity index (χ2v) is 6.60. The Bertz CT molecular complexity index is 430. The molecular weight excluding hydrogens is 246 g/mol. The highest BCUT2D eigenvalue weighted by Crippen LogP contribution is 2.44. The molecule has 5 heteroatoms. The Morgan fingerprint density at radius 1 is 1.39 bits per heavy atom. The quantitative estimate of drug-likeness (QED) is 0.904. The van der Waals surface area contributed by atoms with Crippen LogP contribution in [0.5, 0.6) is 0 Å². The van der Waals surface area contributed by atoms with Gasteiger partial charge in [-0.2, -0.15) is 0 Å². The lowest BCUT2D eigenvalue weighted by Crippen LogP contribution is -2.50. The van der Waals surface area contributed by atoms with Gasteiger partial charge in [0.1, 0.15) is 0 Å². The van der Waals surface area contributed by atoms with Gasteiger partial charge in [-0.3, -0.25) is 0 Å². The lowest BCUT2D eigenvalue weighted by molar-refractivity contribution is 0.275. The Morgan fingerprint density at radius 2 is 2.17 bits per heavy atom. The van der Waals surface area contributed by atoms with Crippen LogP contribution in [0.25, 0.3) is 0 Å². The van der Waals surface area contributed by atoms with Crippen molar-refractivity contribution in [1.29, 1.82) is 0 Å². The molecule has 1 N–H and O–H groups in total. The van der Waals surface area contributed by atoms with Crippen molar-refractivity contribution in [3.8, 4) is 0 Å². The van der Waals surface area contributed by atoms with E-state index in [2.05, 4.69) is 23.8 Å². The van der Waals surface area contributed by atoms with Crippen molar-refractivity contribution in [3.63, 3.8) is 0 Å². The Labute approximate surface area is 112 Å². The third-order valence-corrected chi connectivity index (χ3v) is 4.99. The van der Waals surface area contributed by atoms with Crippen LogP contribution in [-0.2, 0) is 6.61 Å². The maximum Gasteiger partial charge on any atom is 0.186 e. The molecule has 2 aliphatic rings. The summed E-state index contributed by atoms with van der Waals surface area (Å²) in [7, 11) is 2.17. The lowest BCUT2D eigenvalue weighted by atomic mass is 10.2. The van der Waals surface area contributed by atoms with Crippen molar-refractivity contribution in [2.24, 2.45) is 0 Å². The zero-order valence-electron chi connectivity index (χ0n) is 11.1. The van der Waals surface area contributed by atoms with E-state index in [1.165, 1.54) is 18.5 Å². The number of aliphatic hydroxyl groups excluding tert-OH is 1. The first kappa shape index (κ1) is 12.4. The summed E-state index contributed by atoms with van der Waals surface area (Å²) < 4.78 is 0. The SMILES string of the molecule is CC1CN(C)CCN1c1nc(C2CC2)c(CO)s1. The molecule has 1 aliphatic heterocycles. The van der Waals surface area contributed by atoms with Crippen LogP contribution in [0.1, 0.15) is 36.3 Å². The van der Waals surface area contributed by atoms with E-state index in [4.69, 9.17) is 4.98 Å². The molecular formula is C13H21N3OS. The number of likely N-dealkylation sites (N-methyl/N-ethyl adjacent to an activating group) is 1. The fourth-order valence-electron chi connectivity index (χ4n) is 2.69. The molecule has 1 saturated heterocycles. The third kappa shape index (κ3) is 2.27. The molecule has 0 aromatic carbocycles. The average Bonchev–Trinajstić information content (AvgIpc) is 3.10. The van der Waals surface area contributed by atoms with Crippen LogP contribution >= 0.6 is 11.3 Å². The number of thiazole rings is 1. The zero-order valence-corrected chi connectivity index (χ0v) is 11.9. The number of aromatic nitrogens is 1. The number of aliphatic hydroxyl groups is 1. The minimum atomic E-state index is 0.144. The molecule has 1 saturated carbocycles. The van der Waals surface area contributed by atoms with E-state index in [0.717, 1.165) is 29.6 Å². The van der Waals surface area contributed by atoms with Crippen molar-refractivity contribution in [3.05, 3.63) is 10.6 Å². The topological polar surface area (TPSA) is 39.6 Å². The molecule has 1 unspecified atom stereocenters. The Balaban J connectivity index is 1.83. The number of nitrogens with zero attached hydrogens (tertiary/aromatic N) is 3. The van der Waals surface area contributed by atoms with Gasteiger partial charge in [-0.1, -0.05) is 11.3 Å². The molecule has 0 spiro atoms. The molecule has 1 aliphatic carbocycles. The first-order valence-corrected chi connectivity index (χ1v) is 7.56. The van der Waals surface area contributed by atoms with E-state index in [1.54, 1.807) is 11.3 Å². The van der Waals surface area contributed by atoms with E-state index < -0.39 is 0 Å². The Kier molecular flexibility index (Phi) is 3.30. The normalized spacial score (nSPS) is 25.7. The van der Waals surface area contributed by atoms with E-state index >= 15 is 0 Å². The van der Waals surface area contributed by atoms with Gasteiger partial charge in [0.25, 0.3) is 0 Å². The molecule has 0 bridgehead atoms. The summed E-state index contributed by atoms with van der Waals surface area (Å²) in [5.41, 5.74) is 1.17. The second kappa shape index (κ2) is 4.79. The average molecular weight is 267 g/mol. The van der Waals surface area contributed by atoms with Crippen LogP contribution in [0.3, 0.4) is 0 Å². The van der Waals surface area contributed by atoms with Crippen molar-refractivity contribution in [2.45, 2.75) is 38.3 Å². The number of rotatable bonds is 3. The molecule has 0 radical (unpaired) electrons. The number of hydrogen-bond donors (Lipinski definition) is 1. The van der Waals surface area contributed by atoms with Crippen molar-refractivity contribution >= 4 is 16.5 Å². The summed E-state index contributed by atoms with van der Waals surface area (Å²) in [6.45, 7) is 5.63. The van der Waals surface area contributed by atoms with Gasteiger partial charge >= 0.3 is 0 Å². The van der Waals surface area contributed by atoms with E-state index in [1.807, 2.05) is 0 Å². The maximum absolute atomic E-state index is 9.46. The van der Waals surface area contributed by atoms with Crippen LogP contribution in [0, 0.1) is 0 Å². The van der Waals surface area contributed by atoms with E-state index in [0.29, 0.717) is 12.0 Å². The monoisotopic (exact) mass is 267 g/mol. The molecule has 1 aromatic heterocycles. The van der Waals surface area contributed by atoms with Gasteiger partial charge in [0.2, 0.25) is 0 Å². The van der Waals surface area contributed by atoms with E-state index in [-0.39, 0.29) is 6.61 Å². The summed E-state index contributed by atoms with van der Waals surface area (Å²) >= 11 is 1.69. The summed E-state index contributed by atoms with van der Waals surface area (Å²) in [5.74, 6) is 0.625. The van der Waals surface area contributed by atoms with Crippen molar-refractivity contribution < 1.29 is 5.11 Å². The maximum atomic E-state index is 9.46. The molecule has 0 amide bonds. The predicted octanol–water partition coefficient (Wildman–Crippen LogP) is 1.65. The predicted molar refractivity (Wildman–Crippen MR) is 74.3 cm³/mol. The van der Waals surface area contributed by atoms with E-state index in [9.17, 15) is 5.11 Å². The van der Waals surface area contributed by atoms with Gasteiger partial charge in [0.15, 0.2) is 5.13 Å². The highest BCUT2D eigenvalue weighted by atomic mass is 32.1. The largest absolute Gasteiger partial charge is 0.391 e.